The van der Waals surface area contributed by atoms with Gasteiger partial charge in [0.05, 0.1) is 34.4 Å². The number of carbonyl (C=O) groups is 3. The molecule has 0 heterocycles. The molecule has 0 aliphatic heterocycles. The molecule has 0 aliphatic rings. The van der Waals surface area contributed by atoms with Gasteiger partial charge in [-0.3, -0.25) is 9.59 Å². The van der Waals surface area contributed by atoms with Crippen molar-refractivity contribution in [1.82, 2.24) is 0 Å². The maximum atomic E-state index is 12.8. The number of allylic oxidation sites excluding steroid dienone is 2. The number of nitrogens with zero attached hydrogens (tertiary/aromatic N) is 1. The molecule has 2 atom stereocenters. The zero-order chi connectivity index (χ0) is 45.6. The number of aliphatic carboxylic acids is 1. The molecule has 1 N–H and O–H groups in total. The first-order valence-electron chi connectivity index (χ1n) is 26.7. The molecule has 0 amide bonds. The van der Waals surface area contributed by atoms with Crippen molar-refractivity contribution in [2.75, 3.05) is 41.0 Å². The molecule has 0 radical (unpaired) electrons. The van der Waals surface area contributed by atoms with Crippen LogP contribution in [0.5, 0.6) is 0 Å². The number of carboxylic acid groups (broad SMARTS) is 1. The van der Waals surface area contributed by atoms with Gasteiger partial charge in [-0.1, -0.05) is 219 Å². The van der Waals surface area contributed by atoms with Crippen molar-refractivity contribution in [2.45, 2.75) is 276 Å². The molecular weight excluding hydrogens is 775 g/mol. The van der Waals surface area contributed by atoms with Crippen molar-refractivity contribution in [3.63, 3.8) is 0 Å². The third-order valence-electron chi connectivity index (χ3n) is 12.4. The van der Waals surface area contributed by atoms with Gasteiger partial charge in [0, 0.05) is 19.3 Å². The Morgan fingerprint density at radius 2 is 0.806 bits per heavy atom. The van der Waals surface area contributed by atoms with Crippen LogP contribution in [0.15, 0.2) is 12.2 Å². The topological polar surface area (TPSA) is 99.1 Å². The quantitative estimate of drug-likeness (QED) is 0.0281. The van der Waals surface area contributed by atoms with Crippen LogP contribution in [-0.4, -0.2) is 80.6 Å². The lowest BCUT2D eigenvalue weighted by atomic mass is 10.0. The molecule has 62 heavy (non-hydrogen) atoms. The lowest BCUT2D eigenvalue weighted by molar-refractivity contribution is -0.887. The average molecular weight is 879 g/mol. The molecule has 0 bridgehead atoms. The standard InChI is InChI=1S/C54H103NO7/c1-6-8-10-12-14-16-18-20-22-24-25-26-27-28-29-31-33-35-37-39-41-43-45-53(57)62-50(48-60-47-46-51(54(58)59)55(3,4)5)49-61-52(56)44-42-40-38-36-34-32-30-23-21-19-17-15-13-11-9-7-2/h27-28,50-51H,6-26,29-49H2,1-5H3/p+1/b28-27+. The Balaban J connectivity index is 4.18. The predicted molar refractivity (Wildman–Crippen MR) is 262 cm³/mol. The van der Waals surface area contributed by atoms with Gasteiger partial charge in [-0.2, -0.15) is 0 Å². The predicted octanol–water partition coefficient (Wildman–Crippen LogP) is 15.4. The summed E-state index contributed by atoms with van der Waals surface area (Å²) in [6.45, 7) is 4.79. The molecule has 0 rings (SSSR count). The van der Waals surface area contributed by atoms with Crippen molar-refractivity contribution < 1.29 is 38.2 Å². The first kappa shape index (κ1) is 60.1. The van der Waals surface area contributed by atoms with E-state index in [0.717, 1.165) is 38.5 Å². The molecule has 2 unspecified atom stereocenters. The molecule has 8 heteroatoms. The second-order valence-corrected chi connectivity index (χ2v) is 19.5. The first-order valence-corrected chi connectivity index (χ1v) is 26.7. The van der Waals surface area contributed by atoms with Crippen LogP contribution in [0.4, 0.5) is 0 Å². The third-order valence-corrected chi connectivity index (χ3v) is 12.4. The summed E-state index contributed by atoms with van der Waals surface area (Å²) in [6.07, 6.45) is 51.2. The number of quaternary nitrogens is 1. The van der Waals surface area contributed by atoms with Crippen LogP contribution < -0.4 is 0 Å². The Labute approximate surface area is 384 Å². The van der Waals surface area contributed by atoms with E-state index in [2.05, 4.69) is 26.0 Å². The van der Waals surface area contributed by atoms with Gasteiger partial charge in [0.1, 0.15) is 6.61 Å². The summed E-state index contributed by atoms with van der Waals surface area (Å²) in [7, 11) is 5.55. The highest BCUT2D eigenvalue weighted by Gasteiger charge is 2.31. The highest BCUT2D eigenvalue weighted by molar-refractivity contribution is 5.72. The van der Waals surface area contributed by atoms with E-state index >= 15 is 0 Å². The zero-order valence-corrected chi connectivity index (χ0v) is 41.9. The summed E-state index contributed by atoms with van der Waals surface area (Å²) in [5, 5.41) is 9.66. The van der Waals surface area contributed by atoms with Crippen molar-refractivity contribution in [1.29, 1.82) is 0 Å². The molecule has 0 saturated carbocycles. The Morgan fingerprint density at radius 1 is 0.468 bits per heavy atom. The molecular formula is C54H104NO7+. The van der Waals surface area contributed by atoms with Crippen LogP contribution in [0.2, 0.25) is 0 Å². The Morgan fingerprint density at radius 3 is 1.16 bits per heavy atom. The van der Waals surface area contributed by atoms with Gasteiger partial charge in [0.15, 0.2) is 12.1 Å². The molecule has 0 spiro atoms. The number of rotatable bonds is 49. The van der Waals surface area contributed by atoms with E-state index in [4.69, 9.17) is 14.2 Å². The summed E-state index contributed by atoms with van der Waals surface area (Å²) < 4.78 is 17.4. The van der Waals surface area contributed by atoms with Crippen LogP contribution in [0.25, 0.3) is 0 Å². The van der Waals surface area contributed by atoms with Gasteiger partial charge in [-0.15, -0.1) is 0 Å². The summed E-state index contributed by atoms with van der Waals surface area (Å²) >= 11 is 0. The van der Waals surface area contributed by atoms with Crippen LogP contribution in [0.3, 0.4) is 0 Å². The SMILES string of the molecule is CCCCCCCCCCCCC/C=C/CCCCCCCCCC(=O)OC(COCCC(C(=O)O)[N+](C)(C)C)COC(=O)CCCCCCCCCCCCCCCCCC. The number of ether oxygens (including phenoxy) is 3. The number of esters is 2. The van der Waals surface area contributed by atoms with Crippen molar-refractivity contribution in [2.24, 2.45) is 0 Å². The minimum atomic E-state index is -0.871. The fourth-order valence-electron chi connectivity index (χ4n) is 8.27. The fourth-order valence-corrected chi connectivity index (χ4v) is 8.27. The van der Waals surface area contributed by atoms with E-state index in [1.54, 1.807) is 0 Å². The molecule has 366 valence electrons. The Hall–Kier alpha value is -1.93. The highest BCUT2D eigenvalue weighted by Crippen LogP contribution is 2.17. The summed E-state index contributed by atoms with van der Waals surface area (Å²) in [5.41, 5.74) is 0. The van der Waals surface area contributed by atoms with E-state index in [1.807, 2.05) is 21.1 Å². The number of carbonyl (C=O) groups excluding carboxylic acids is 2. The third kappa shape index (κ3) is 43.3. The number of hydrogen-bond acceptors (Lipinski definition) is 6. The van der Waals surface area contributed by atoms with E-state index in [9.17, 15) is 19.5 Å². The van der Waals surface area contributed by atoms with Crippen molar-refractivity contribution in [3.05, 3.63) is 12.2 Å². The van der Waals surface area contributed by atoms with E-state index in [1.165, 1.54) is 193 Å². The second kappa shape index (κ2) is 45.6. The van der Waals surface area contributed by atoms with Gasteiger partial charge >= 0.3 is 17.9 Å². The monoisotopic (exact) mass is 879 g/mol. The zero-order valence-electron chi connectivity index (χ0n) is 41.9. The molecule has 0 saturated heterocycles. The highest BCUT2D eigenvalue weighted by atomic mass is 16.6. The smallest absolute Gasteiger partial charge is 0.362 e. The molecule has 0 aliphatic carbocycles. The minimum Gasteiger partial charge on any atom is -0.477 e. The number of unbranched alkanes of at least 4 members (excludes halogenated alkanes) is 33. The Bertz CT molecular complexity index is 1020. The van der Waals surface area contributed by atoms with Crippen LogP contribution in [0, 0.1) is 0 Å². The van der Waals surface area contributed by atoms with E-state index in [-0.39, 0.29) is 36.2 Å². The molecule has 0 aromatic carbocycles. The van der Waals surface area contributed by atoms with E-state index in [0.29, 0.717) is 19.3 Å². The number of carboxylic acids is 1. The van der Waals surface area contributed by atoms with Crippen LogP contribution in [-0.2, 0) is 28.6 Å². The minimum absolute atomic E-state index is 0.0460. The Kier molecular flexibility index (Phi) is 44.2. The lowest BCUT2D eigenvalue weighted by Crippen LogP contribution is -2.50. The maximum Gasteiger partial charge on any atom is 0.362 e. The van der Waals surface area contributed by atoms with Gasteiger partial charge in [0.25, 0.3) is 0 Å². The largest absolute Gasteiger partial charge is 0.477 e. The molecule has 0 aromatic heterocycles. The first-order chi connectivity index (χ1) is 30.1. The van der Waals surface area contributed by atoms with Crippen molar-refractivity contribution >= 4 is 17.9 Å². The van der Waals surface area contributed by atoms with E-state index < -0.39 is 18.1 Å². The van der Waals surface area contributed by atoms with Crippen molar-refractivity contribution in [3.8, 4) is 0 Å². The maximum absolute atomic E-state index is 12.8. The fraction of sp³-hybridized carbons (Fsp3) is 0.907. The molecule has 8 nitrogen and oxygen atoms in total. The summed E-state index contributed by atoms with van der Waals surface area (Å²) in [5.74, 6) is -1.45. The lowest BCUT2D eigenvalue weighted by Gasteiger charge is -2.31. The van der Waals surface area contributed by atoms with Gasteiger partial charge in [-0.05, 0) is 38.5 Å². The summed E-state index contributed by atoms with van der Waals surface area (Å²) in [6, 6.07) is -0.612. The second-order valence-electron chi connectivity index (χ2n) is 19.5. The van der Waals surface area contributed by atoms with Crippen LogP contribution in [0.1, 0.15) is 264 Å². The number of hydrogen-bond donors (Lipinski definition) is 1. The van der Waals surface area contributed by atoms with Crippen LogP contribution >= 0.6 is 0 Å². The van der Waals surface area contributed by atoms with Gasteiger partial charge in [0.2, 0.25) is 0 Å². The summed E-state index contributed by atoms with van der Waals surface area (Å²) in [4.78, 5) is 37.2. The molecule has 0 aromatic rings. The number of likely N-dealkylation sites (N-methyl/N-ethyl adjacent to an activating group) is 1. The molecule has 0 fully saturated rings. The average Bonchev–Trinajstić information content (AvgIpc) is 3.23. The normalized spacial score (nSPS) is 12.9. The van der Waals surface area contributed by atoms with Gasteiger partial charge in [-0.25, -0.2) is 4.79 Å². The van der Waals surface area contributed by atoms with Gasteiger partial charge < -0.3 is 23.8 Å².